The van der Waals surface area contributed by atoms with E-state index in [2.05, 4.69) is 19.2 Å². The number of nitrogens with one attached hydrogen (secondary N) is 1. The third kappa shape index (κ3) is 3.75. The second kappa shape index (κ2) is 5.76. The molecule has 20 heavy (non-hydrogen) atoms. The van der Waals surface area contributed by atoms with Crippen molar-refractivity contribution in [3.8, 4) is 0 Å². The lowest BCUT2D eigenvalue weighted by molar-refractivity contribution is 0.378. The summed E-state index contributed by atoms with van der Waals surface area (Å²) in [5.41, 5.74) is 1.44. The highest BCUT2D eigenvalue weighted by atomic mass is 32.2. The average molecular weight is 295 g/mol. The Balaban J connectivity index is 2.02. The fourth-order valence-corrected chi connectivity index (χ4v) is 4.26. The van der Waals surface area contributed by atoms with Gasteiger partial charge in [-0.3, -0.25) is 0 Å². The minimum atomic E-state index is -3.10. The second-order valence-electron chi connectivity index (χ2n) is 6.59. The molecule has 0 aromatic heterocycles. The van der Waals surface area contributed by atoms with E-state index in [9.17, 15) is 8.42 Å². The predicted octanol–water partition coefficient (Wildman–Crippen LogP) is 3.86. The molecule has 4 heteroatoms. The van der Waals surface area contributed by atoms with Gasteiger partial charge in [0.2, 0.25) is 0 Å². The summed E-state index contributed by atoms with van der Waals surface area (Å²) in [6, 6.07) is 7.70. The van der Waals surface area contributed by atoms with E-state index in [0.717, 1.165) is 5.69 Å². The number of anilines is 1. The molecule has 0 radical (unpaired) electrons. The molecule has 0 saturated heterocycles. The van der Waals surface area contributed by atoms with Gasteiger partial charge in [-0.2, -0.15) is 0 Å². The van der Waals surface area contributed by atoms with Crippen molar-refractivity contribution in [2.24, 2.45) is 5.41 Å². The molecule has 1 aliphatic rings. The van der Waals surface area contributed by atoms with Crippen LogP contribution in [0.15, 0.2) is 29.2 Å². The Hall–Kier alpha value is -1.03. The van der Waals surface area contributed by atoms with Gasteiger partial charge in [-0.15, -0.1) is 0 Å². The molecule has 1 aromatic rings. The van der Waals surface area contributed by atoms with E-state index in [1.54, 1.807) is 12.1 Å². The first kappa shape index (κ1) is 15.4. The Labute approximate surface area is 122 Å². The van der Waals surface area contributed by atoms with E-state index in [1.165, 1.54) is 19.3 Å². The molecule has 0 heterocycles. The van der Waals surface area contributed by atoms with Gasteiger partial charge in [0.1, 0.15) is 0 Å². The van der Waals surface area contributed by atoms with Crippen LogP contribution in [0.4, 0.5) is 5.69 Å². The van der Waals surface area contributed by atoms with Gasteiger partial charge in [-0.1, -0.05) is 20.8 Å². The highest BCUT2D eigenvalue weighted by Gasteiger charge is 2.30. The fraction of sp³-hybridized carbons (Fsp3) is 0.625. The van der Waals surface area contributed by atoms with Gasteiger partial charge in [0, 0.05) is 11.7 Å². The molecule has 1 atom stereocenters. The van der Waals surface area contributed by atoms with Crippen molar-refractivity contribution in [1.82, 2.24) is 0 Å². The van der Waals surface area contributed by atoms with Crippen LogP contribution in [0.3, 0.4) is 0 Å². The highest BCUT2D eigenvalue weighted by molar-refractivity contribution is 7.91. The first-order valence-corrected chi connectivity index (χ1v) is 9.07. The van der Waals surface area contributed by atoms with Crippen LogP contribution < -0.4 is 5.32 Å². The summed E-state index contributed by atoms with van der Waals surface area (Å²) < 4.78 is 23.9. The first-order chi connectivity index (χ1) is 9.32. The Morgan fingerprint density at radius 2 is 1.90 bits per heavy atom. The van der Waals surface area contributed by atoms with Gasteiger partial charge in [0.05, 0.1) is 10.6 Å². The van der Waals surface area contributed by atoms with Gasteiger partial charge < -0.3 is 5.32 Å². The fourth-order valence-electron chi connectivity index (χ4n) is 2.94. The smallest absolute Gasteiger partial charge is 0.178 e. The Morgan fingerprint density at radius 3 is 2.40 bits per heavy atom. The van der Waals surface area contributed by atoms with Crippen LogP contribution in [0.5, 0.6) is 0 Å². The summed E-state index contributed by atoms with van der Waals surface area (Å²) in [4.78, 5) is 0.427. The van der Waals surface area contributed by atoms with Crippen molar-refractivity contribution < 1.29 is 8.42 Å². The topological polar surface area (TPSA) is 46.2 Å². The lowest BCUT2D eigenvalue weighted by Crippen LogP contribution is -2.17. The quantitative estimate of drug-likeness (QED) is 0.897. The molecular weight excluding hydrogens is 270 g/mol. The molecule has 0 spiro atoms. The van der Waals surface area contributed by atoms with Crippen molar-refractivity contribution in [2.75, 3.05) is 11.1 Å². The number of benzene rings is 1. The van der Waals surface area contributed by atoms with Gasteiger partial charge in [-0.25, -0.2) is 8.42 Å². The van der Waals surface area contributed by atoms with Gasteiger partial charge in [0.15, 0.2) is 9.84 Å². The minimum Gasteiger partial charge on any atom is -0.382 e. The van der Waals surface area contributed by atoms with E-state index in [4.69, 9.17) is 0 Å². The summed E-state index contributed by atoms with van der Waals surface area (Å²) in [6.07, 6.45) is 4.25. The standard InChI is InChI=1S/C16H25NO2S/c1-4-11-20(18,19)15-7-5-13(6-8-15)17-14-9-10-16(2,3)12-14/h5-8,14,17H,4,9-12H2,1-3H3. The average Bonchev–Trinajstić information content (AvgIpc) is 2.69. The van der Waals surface area contributed by atoms with Gasteiger partial charge in [-0.05, 0) is 55.4 Å². The van der Waals surface area contributed by atoms with Crippen LogP contribution in [0.25, 0.3) is 0 Å². The number of hydrogen-bond acceptors (Lipinski definition) is 3. The summed E-state index contributed by atoms with van der Waals surface area (Å²) in [5, 5.41) is 3.51. The third-order valence-corrected chi connectivity index (χ3v) is 5.96. The molecule has 1 fully saturated rings. The lowest BCUT2D eigenvalue weighted by atomic mass is 9.92. The maximum Gasteiger partial charge on any atom is 0.178 e. The molecule has 1 N–H and O–H groups in total. The van der Waals surface area contributed by atoms with E-state index < -0.39 is 9.84 Å². The summed E-state index contributed by atoms with van der Waals surface area (Å²) in [7, 11) is -3.10. The normalized spacial score (nSPS) is 21.9. The Bertz CT molecular complexity index is 546. The van der Waals surface area contributed by atoms with Crippen LogP contribution in [-0.4, -0.2) is 20.2 Å². The molecule has 3 nitrogen and oxygen atoms in total. The van der Waals surface area contributed by atoms with Crippen molar-refractivity contribution in [2.45, 2.75) is 57.4 Å². The van der Waals surface area contributed by atoms with E-state index >= 15 is 0 Å². The summed E-state index contributed by atoms with van der Waals surface area (Å²) in [6.45, 7) is 6.49. The first-order valence-electron chi connectivity index (χ1n) is 7.42. The molecule has 0 aliphatic heterocycles. The van der Waals surface area contributed by atoms with E-state index in [-0.39, 0.29) is 5.75 Å². The number of rotatable bonds is 5. The SMILES string of the molecule is CCCS(=O)(=O)c1ccc(NC2CCC(C)(C)C2)cc1. The number of sulfone groups is 1. The third-order valence-electron chi connectivity index (χ3n) is 4.03. The van der Waals surface area contributed by atoms with Crippen molar-refractivity contribution in [1.29, 1.82) is 0 Å². The highest BCUT2D eigenvalue weighted by Crippen LogP contribution is 2.38. The van der Waals surface area contributed by atoms with Crippen LogP contribution in [-0.2, 0) is 9.84 Å². The maximum atomic E-state index is 12.0. The van der Waals surface area contributed by atoms with Crippen LogP contribution in [0.1, 0.15) is 46.5 Å². The lowest BCUT2D eigenvalue weighted by Gasteiger charge is -2.18. The molecule has 1 unspecified atom stereocenters. The summed E-state index contributed by atoms with van der Waals surface area (Å²) >= 11 is 0. The minimum absolute atomic E-state index is 0.219. The zero-order valence-corrected chi connectivity index (χ0v) is 13.5. The van der Waals surface area contributed by atoms with Crippen molar-refractivity contribution in [3.63, 3.8) is 0 Å². The van der Waals surface area contributed by atoms with Crippen LogP contribution in [0, 0.1) is 5.41 Å². The predicted molar refractivity (Wildman–Crippen MR) is 83.8 cm³/mol. The molecule has 2 rings (SSSR count). The van der Waals surface area contributed by atoms with Crippen molar-refractivity contribution in [3.05, 3.63) is 24.3 Å². The maximum absolute atomic E-state index is 12.0. The Morgan fingerprint density at radius 1 is 1.25 bits per heavy atom. The second-order valence-corrected chi connectivity index (χ2v) is 8.70. The Kier molecular flexibility index (Phi) is 4.43. The monoisotopic (exact) mass is 295 g/mol. The molecule has 1 saturated carbocycles. The summed E-state index contributed by atoms with van der Waals surface area (Å²) in [5.74, 6) is 0.219. The van der Waals surface area contributed by atoms with Gasteiger partial charge in [0.25, 0.3) is 0 Å². The molecule has 0 bridgehead atoms. The number of hydrogen-bond donors (Lipinski definition) is 1. The van der Waals surface area contributed by atoms with Crippen molar-refractivity contribution >= 4 is 15.5 Å². The molecule has 112 valence electrons. The molecule has 0 amide bonds. The molecule has 1 aromatic carbocycles. The van der Waals surface area contributed by atoms with E-state index in [1.807, 2.05) is 19.1 Å². The molecular formula is C16H25NO2S. The largest absolute Gasteiger partial charge is 0.382 e. The van der Waals surface area contributed by atoms with Crippen LogP contribution >= 0.6 is 0 Å². The zero-order chi connectivity index (χ0) is 14.8. The van der Waals surface area contributed by atoms with Crippen LogP contribution in [0.2, 0.25) is 0 Å². The van der Waals surface area contributed by atoms with E-state index in [0.29, 0.717) is 22.8 Å². The zero-order valence-electron chi connectivity index (χ0n) is 12.6. The molecule has 1 aliphatic carbocycles. The van der Waals surface area contributed by atoms with Gasteiger partial charge >= 0.3 is 0 Å².